The number of benzene rings is 2. The molecule has 31 heavy (non-hydrogen) atoms. The van der Waals surface area contributed by atoms with E-state index in [-0.39, 0.29) is 6.61 Å². The summed E-state index contributed by atoms with van der Waals surface area (Å²) in [7, 11) is 0. The second-order valence-electron chi connectivity index (χ2n) is 8.09. The number of hydrogen-bond donors (Lipinski definition) is 0. The Morgan fingerprint density at radius 3 is 2.26 bits per heavy atom. The predicted octanol–water partition coefficient (Wildman–Crippen LogP) is 6.99. The molecule has 2 nitrogen and oxygen atoms in total. The van der Waals surface area contributed by atoms with E-state index in [9.17, 15) is 26.7 Å². The maximum Gasteiger partial charge on any atom is 0.459 e. The summed E-state index contributed by atoms with van der Waals surface area (Å²) in [5.74, 6) is -7.57. The molecule has 1 saturated carbocycles. The molecule has 0 heterocycles. The number of rotatable bonds is 6. The molecule has 0 bridgehead atoms. The van der Waals surface area contributed by atoms with Gasteiger partial charge in [-0.05, 0) is 34.1 Å². The normalized spacial score (nSPS) is 21.0. The third-order valence-corrected chi connectivity index (χ3v) is 5.93. The maximum atomic E-state index is 13.4. The van der Waals surface area contributed by atoms with Crippen LogP contribution < -0.4 is 0 Å². The minimum Gasteiger partial charge on any atom is -0.461 e. The van der Waals surface area contributed by atoms with Gasteiger partial charge in [-0.1, -0.05) is 80.1 Å². The van der Waals surface area contributed by atoms with Gasteiger partial charge in [0.1, 0.15) is 6.61 Å². The van der Waals surface area contributed by atoms with E-state index in [1.165, 1.54) is 0 Å². The lowest BCUT2D eigenvalue weighted by Gasteiger charge is -2.18. The molecule has 166 valence electrons. The first-order chi connectivity index (χ1) is 14.4. The molecule has 2 aromatic carbocycles. The van der Waals surface area contributed by atoms with Gasteiger partial charge in [-0.3, -0.25) is 4.79 Å². The Hall–Kier alpha value is -2.41. The Balaban J connectivity index is 1.67. The highest BCUT2D eigenvalue weighted by molar-refractivity contribution is 6.30. The van der Waals surface area contributed by atoms with Crippen LogP contribution in [0.4, 0.5) is 22.0 Å². The number of halogens is 6. The Kier molecular flexibility index (Phi) is 6.20. The molecule has 2 aromatic rings. The standard InChI is InChI=1S/C23H20ClF5O2/c1-21(2)17(12-18(24)22(25,26)23(27,28)29)19(21)20(30)31-13-14-7-6-10-16(11-14)15-8-4-3-5-9-15/h3-12,17,19H,13H2,1-2H3. The average molecular weight is 459 g/mol. The van der Waals surface area contributed by atoms with Gasteiger partial charge in [0.15, 0.2) is 0 Å². The lowest BCUT2D eigenvalue weighted by Crippen LogP contribution is -2.36. The molecule has 1 fully saturated rings. The Bertz CT molecular complexity index is 983. The van der Waals surface area contributed by atoms with Crippen LogP contribution in [0.1, 0.15) is 19.4 Å². The second-order valence-corrected chi connectivity index (χ2v) is 8.49. The maximum absolute atomic E-state index is 13.4. The van der Waals surface area contributed by atoms with Gasteiger partial charge >= 0.3 is 18.1 Å². The van der Waals surface area contributed by atoms with E-state index in [1.807, 2.05) is 48.5 Å². The third kappa shape index (κ3) is 4.76. The van der Waals surface area contributed by atoms with Gasteiger partial charge in [-0.25, -0.2) is 0 Å². The van der Waals surface area contributed by atoms with Crippen molar-refractivity contribution in [2.75, 3.05) is 0 Å². The van der Waals surface area contributed by atoms with E-state index in [1.54, 1.807) is 19.9 Å². The van der Waals surface area contributed by atoms with E-state index in [0.29, 0.717) is 6.08 Å². The highest BCUT2D eigenvalue weighted by Gasteiger charge is 2.64. The molecular weight excluding hydrogens is 439 g/mol. The van der Waals surface area contributed by atoms with Crippen LogP contribution >= 0.6 is 11.6 Å². The molecule has 0 saturated heterocycles. The molecule has 8 heteroatoms. The first kappa shape index (κ1) is 23.3. The number of allylic oxidation sites excluding steroid dienone is 2. The minimum absolute atomic E-state index is 0.0467. The summed E-state index contributed by atoms with van der Waals surface area (Å²) in [5, 5.41) is -1.64. The van der Waals surface area contributed by atoms with Crippen molar-refractivity contribution in [3.8, 4) is 11.1 Å². The van der Waals surface area contributed by atoms with Crippen molar-refractivity contribution < 1.29 is 31.5 Å². The zero-order chi connectivity index (χ0) is 23.0. The van der Waals surface area contributed by atoms with Gasteiger partial charge in [0.25, 0.3) is 0 Å². The number of hydrogen-bond acceptors (Lipinski definition) is 2. The number of esters is 1. The van der Waals surface area contributed by atoms with Crippen LogP contribution in [0, 0.1) is 17.3 Å². The van der Waals surface area contributed by atoms with Gasteiger partial charge in [0.05, 0.1) is 11.0 Å². The summed E-state index contributed by atoms with van der Waals surface area (Å²) in [5.41, 5.74) is 1.80. The molecular formula is C23H20ClF5O2. The molecule has 1 aliphatic rings. The SMILES string of the molecule is CC1(C)C(C=C(Cl)C(F)(F)C(F)(F)F)C1C(=O)OCc1cccc(-c2ccccc2)c1. The van der Waals surface area contributed by atoms with E-state index in [4.69, 9.17) is 16.3 Å². The molecule has 0 N–H and O–H groups in total. The molecule has 0 radical (unpaired) electrons. The highest BCUT2D eigenvalue weighted by atomic mass is 35.5. The summed E-state index contributed by atoms with van der Waals surface area (Å²) in [6, 6.07) is 16.9. The van der Waals surface area contributed by atoms with Crippen molar-refractivity contribution in [2.45, 2.75) is 32.6 Å². The Labute approximate surface area is 181 Å². The van der Waals surface area contributed by atoms with E-state index in [0.717, 1.165) is 16.7 Å². The summed E-state index contributed by atoms with van der Waals surface area (Å²) in [6.07, 6.45) is -5.18. The number of carbonyl (C=O) groups is 1. The van der Waals surface area contributed by atoms with Gasteiger partial charge in [-0.2, -0.15) is 22.0 Å². The predicted molar refractivity (Wildman–Crippen MR) is 107 cm³/mol. The zero-order valence-electron chi connectivity index (χ0n) is 16.7. The molecule has 0 aromatic heterocycles. The lowest BCUT2D eigenvalue weighted by molar-refractivity contribution is -0.261. The monoisotopic (exact) mass is 458 g/mol. The van der Waals surface area contributed by atoms with Crippen LogP contribution in [0.2, 0.25) is 0 Å². The summed E-state index contributed by atoms with van der Waals surface area (Å²) in [6.45, 7) is 3.13. The molecule has 0 spiro atoms. The lowest BCUT2D eigenvalue weighted by atomic mass is 10.0. The quantitative estimate of drug-likeness (QED) is 0.344. The van der Waals surface area contributed by atoms with Crippen LogP contribution in [0.3, 0.4) is 0 Å². The Morgan fingerprint density at radius 1 is 1.03 bits per heavy atom. The average Bonchev–Trinajstić information content (AvgIpc) is 3.26. The van der Waals surface area contributed by atoms with Crippen molar-refractivity contribution in [3.05, 3.63) is 71.3 Å². The molecule has 3 rings (SSSR count). The zero-order valence-corrected chi connectivity index (χ0v) is 17.5. The van der Waals surface area contributed by atoms with Crippen LogP contribution in [0.5, 0.6) is 0 Å². The fourth-order valence-corrected chi connectivity index (χ4v) is 3.80. The first-order valence-electron chi connectivity index (χ1n) is 9.49. The van der Waals surface area contributed by atoms with Crippen molar-refractivity contribution in [1.29, 1.82) is 0 Å². The van der Waals surface area contributed by atoms with Crippen molar-refractivity contribution in [2.24, 2.45) is 17.3 Å². The van der Waals surface area contributed by atoms with Crippen LogP contribution in [-0.2, 0) is 16.1 Å². The number of alkyl halides is 5. The molecule has 2 unspecified atom stereocenters. The van der Waals surface area contributed by atoms with Gasteiger partial charge in [-0.15, -0.1) is 0 Å². The fraction of sp³-hybridized carbons (Fsp3) is 0.348. The summed E-state index contributed by atoms with van der Waals surface area (Å²) < 4.78 is 69.6. The topological polar surface area (TPSA) is 26.3 Å². The van der Waals surface area contributed by atoms with Crippen molar-refractivity contribution in [3.63, 3.8) is 0 Å². The van der Waals surface area contributed by atoms with Crippen LogP contribution in [0.25, 0.3) is 11.1 Å². The van der Waals surface area contributed by atoms with E-state index in [2.05, 4.69) is 0 Å². The van der Waals surface area contributed by atoms with Crippen molar-refractivity contribution in [1.82, 2.24) is 0 Å². The third-order valence-electron chi connectivity index (χ3n) is 5.56. The van der Waals surface area contributed by atoms with Crippen LogP contribution in [-0.4, -0.2) is 18.1 Å². The first-order valence-corrected chi connectivity index (χ1v) is 9.87. The Morgan fingerprint density at radius 2 is 1.65 bits per heavy atom. The summed E-state index contributed by atoms with van der Waals surface area (Å²) >= 11 is 5.28. The molecule has 0 aliphatic heterocycles. The van der Waals surface area contributed by atoms with E-state index >= 15 is 0 Å². The number of ether oxygens (including phenoxy) is 1. The van der Waals surface area contributed by atoms with Gasteiger partial charge in [0.2, 0.25) is 0 Å². The van der Waals surface area contributed by atoms with Crippen molar-refractivity contribution >= 4 is 17.6 Å². The van der Waals surface area contributed by atoms with E-state index < -0.39 is 40.4 Å². The molecule has 2 atom stereocenters. The second kappa shape index (κ2) is 8.26. The fourth-order valence-electron chi connectivity index (χ4n) is 3.55. The summed E-state index contributed by atoms with van der Waals surface area (Å²) in [4.78, 5) is 12.5. The van der Waals surface area contributed by atoms with Gasteiger partial charge < -0.3 is 4.74 Å². The largest absolute Gasteiger partial charge is 0.461 e. The number of carbonyl (C=O) groups excluding carboxylic acids is 1. The smallest absolute Gasteiger partial charge is 0.459 e. The van der Waals surface area contributed by atoms with Gasteiger partial charge in [0, 0.05) is 0 Å². The minimum atomic E-state index is -5.81. The molecule has 1 aliphatic carbocycles. The van der Waals surface area contributed by atoms with Crippen LogP contribution in [0.15, 0.2) is 65.7 Å². The molecule has 0 amide bonds. The highest BCUT2D eigenvalue weighted by Crippen LogP contribution is 2.61.